The molecular formula is C9H15N3O4. The first kappa shape index (κ1) is 12.4. The van der Waals surface area contributed by atoms with Crippen LogP contribution in [0.5, 0.6) is 0 Å². The van der Waals surface area contributed by atoms with Gasteiger partial charge in [-0.1, -0.05) is 0 Å². The van der Waals surface area contributed by atoms with E-state index >= 15 is 0 Å². The van der Waals surface area contributed by atoms with Gasteiger partial charge in [0.2, 0.25) is 5.91 Å². The smallest absolute Gasteiger partial charge is 0.321 e. The van der Waals surface area contributed by atoms with Gasteiger partial charge in [0, 0.05) is 20.1 Å². The lowest BCUT2D eigenvalue weighted by Crippen LogP contribution is -2.59. The molecule has 0 bridgehead atoms. The Hall–Kier alpha value is -1.63. The minimum atomic E-state index is -0.852. The number of likely N-dealkylation sites (tertiary alicyclic amines) is 1. The first-order chi connectivity index (χ1) is 7.45. The molecule has 1 aliphatic rings. The quantitative estimate of drug-likeness (QED) is 0.567. The van der Waals surface area contributed by atoms with Gasteiger partial charge >= 0.3 is 12.0 Å². The van der Waals surface area contributed by atoms with Crippen molar-refractivity contribution >= 4 is 17.9 Å². The van der Waals surface area contributed by atoms with Crippen LogP contribution in [0.15, 0.2) is 0 Å². The molecule has 1 heterocycles. The molecule has 1 fully saturated rings. The second kappa shape index (κ2) is 4.93. The summed E-state index contributed by atoms with van der Waals surface area (Å²) >= 11 is 0. The van der Waals surface area contributed by atoms with Gasteiger partial charge in [0.1, 0.15) is 0 Å². The summed E-state index contributed by atoms with van der Waals surface area (Å²) in [6.45, 7) is 2.33. The van der Waals surface area contributed by atoms with Gasteiger partial charge in [-0.15, -0.1) is 0 Å². The minimum absolute atomic E-state index is 0.345. The molecule has 3 N–H and O–H groups in total. The molecule has 0 aromatic carbocycles. The van der Waals surface area contributed by atoms with E-state index in [0.29, 0.717) is 13.1 Å². The van der Waals surface area contributed by atoms with Crippen molar-refractivity contribution in [3.8, 4) is 0 Å². The van der Waals surface area contributed by atoms with Crippen molar-refractivity contribution in [2.24, 2.45) is 5.92 Å². The number of nitrogens with zero attached hydrogens (tertiary/aromatic N) is 1. The van der Waals surface area contributed by atoms with E-state index in [0.717, 1.165) is 0 Å². The van der Waals surface area contributed by atoms with Crippen LogP contribution in [0.4, 0.5) is 4.79 Å². The van der Waals surface area contributed by atoms with Gasteiger partial charge < -0.3 is 10.4 Å². The third-order valence-electron chi connectivity index (χ3n) is 2.65. The van der Waals surface area contributed by atoms with Crippen molar-refractivity contribution in [1.82, 2.24) is 15.5 Å². The number of hydrogen-bond donors (Lipinski definition) is 3. The van der Waals surface area contributed by atoms with Crippen LogP contribution in [0, 0.1) is 5.92 Å². The van der Waals surface area contributed by atoms with Crippen molar-refractivity contribution in [1.29, 1.82) is 0 Å². The van der Waals surface area contributed by atoms with Gasteiger partial charge in [-0.2, -0.15) is 0 Å². The number of nitrogens with one attached hydrogen (secondary N) is 2. The Morgan fingerprint density at radius 1 is 1.38 bits per heavy atom. The van der Waals surface area contributed by atoms with E-state index in [1.807, 2.05) is 0 Å². The highest BCUT2D eigenvalue weighted by Gasteiger charge is 2.37. The van der Waals surface area contributed by atoms with Crippen LogP contribution in [0.25, 0.3) is 0 Å². The second-order valence-corrected chi connectivity index (χ2v) is 3.73. The lowest BCUT2D eigenvalue weighted by Gasteiger charge is -2.39. The maximum Gasteiger partial charge on any atom is 0.321 e. The van der Waals surface area contributed by atoms with Gasteiger partial charge in [0.15, 0.2) is 0 Å². The molecule has 1 saturated heterocycles. The maximum atomic E-state index is 11.5. The fraction of sp³-hybridized carbons (Fsp3) is 0.667. The Kier molecular flexibility index (Phi) is 3.83. The normalized spacial score (nSPS) is 18.4. The number of urea groups is 1. The highest BCUT2D eigenvalue weighted by atomic mass is 16.4. The number of amides is 3. The summed E-state index contributed by atoms with van der Waals surface area (Å²) in [4.78, 5) is 34.6. The summed E-state index contributed by atoms with van der Waals surface area (Å²) in [5.41, 5.74) is 0. The van der Waals surface area contributed by atoms with Crippen LogP contribution in [-0.2, 0) is 9.59 Å². The van der Waals surface area contributed by atoms with E-state index in [9.17, 15) is 14.4 Å². The molecule has 16 heavy (non-hydrogen) atoms. The lowest BCUT2D eigenvalue weighted by molar-refractivity contribution is -0.150. The summed E-state index contributed by atoms with van der Waals surface area (Å²) in [6, 6.07) is -1.06. The summed E-state index contributed by atoms with van der Waals surface area (Å²) in [7, 11) is 1.41. The van der Waals surface area contributed by atoms with Crippen molar-refractivity contribution in [2.75, 3.05) is 20.1 Å². The number of carbonyl (C=O) groups excluding carboxylic acids is 2. The fourth-order valence-electron chi connectivity index (χ4n) is 1.43. The summed E-state index contributed by atoms with van der Waals surface area (Å²) in [5.74, 6) is -1.69. The Bertz CT molecular complexity index is 312. The number of rotatable bonds is 3. The Morgan fingerprint density at radius 2 is 1.94 bits per heavy atom. The number of carboxylic acid groups (broad SMARTS) is 1. The molecule has 0 aliphatic carbocycles. The standard InChI is InChI=1S/C9H15N3O4/c1-5(7(13)11-9(16)10-2)12-3-6(4-12)8(14)15/h5-6H,3-4H2,1-2H3,(H,14,15)(H2,10,11,13,16). The molecule has 0 aromatic heterocycles. The van der Waals surface area contributed by atoms with Crippen LogP contribution in [0.2, 0.25) is 0 Å². The van der Waals surface area contributed by atoms with Gasteiger partial charge in [-0.05, 0) is 6.92 Å². The molecule has 1 atom stereocenters. The molecule has 0 aromatic rings. The molecule has 1 rings (SSSR count). The first-order valence-electron chi connectivity index (χ1n) is 4.95. The SMILES string of the molecule is CNC(=O)NC(=O)C(C)N1CC(C(=O)O)C1. The van der Waals surface area contributed by atoms with Crippen molar-refractivity contribution in [3.63, 3.8) is 0 Å². The average Bonchev–Trinajstić information content (AvgIpc) is 2.14. The largest absolute Gasteiger partial charge is 0.481 e. The predicted octanol–water partition coefficient (Wildman–Crippen LogP) is -1.15. The Labute approximate surface area is 92.8 Å². The van der Waals surface area contributed by atoms with Gasteiger partial charge in [-0.3, -0.25) is 19.8 Å². The third kappa shape index (κ3) is 2.69. The molecule has 1 unspecified atom stereocenters. The highest BCUT2D eigenvalue weighted by molar-refractivity contribution is 5.96. The zero-order valence-electron chi connectivity index (χ0n) is 9.19. The second-order valence-electron chi connectivity index (χ2n) is 3.73. The van der Waals surface area contributed by atoms with E-state index in [1.165, 1.54) is 7.05 Å². The topological polar surface area (TPSA) is 98.7 Å². The first-order valence-corrected chi connectivity index (χ1v) is 4.95. The van der Waals surface area contributed by atoms with Crippen LogP contribution < -0.4 is 10.6 Å². The van der Waals surface area contributed by atoms with E-state index in [2.05, 4.69) is 10.6 Å². The number of carboxylic acids is 1. The number of carbonyl (C=O) groups is 3. The molecule has 1 aliphatic heterocycles. The molecule has 3 amide bonds. The van der Waals surface area contributed by atoms with Gasteiger partial charge in [0.25, 0.3) is 0 Å². The third-order valence-corrected chi connectivity index (χ3v) is 2.65. The van der Waals surface area contributed by atoms with Crippen molar-refractivity contribution in [2.45, 2.75) is 13.0 Å². The fourth-order valence-corrected chi connectivity index (χ4v) is 1.43. The van der Waals surface area contributed by atoms with Crippen LogP contribution >= 0.6 is 0 Å². The van der Waals surface area contributed by atoms with Gasteiger partial charge in [-0.25, -0.2) is 4.79 Å². The maximum absolute atomic E-state index is 11.5. The van der Waals surface area contributed by atoms with Crippen molar-refractivity contribution in [3.05, 3.63) is 0 Å². The van der Waals surface area contributed by atoms with Crippen LogP contribution in [-0.4, -0.2) is 54.1 Å². The number of aliphatic carboxylic acids is 1. The molecule has 90 valence electrons. The molecule has 0 saturated carbocycles. The van der Waals surface area contributed by atoms with E-state index < -0.39 is 29.9 Å². The number of imide groups is 1. The summed E-state index contributed by atoms with van der Waals surface area (Å²) in [5, 5.41) is 13.1. The Morgan fingerprint density at radius 3 is 2.38 bits per heavy atom. The van der Waals surface area contributed by atoms with E-state index in [1.54, 1.807) is 11.8 Å². The molecule has 0 radical (unpaired) electrons. The summed E-state index contributed by atoms with van der Waals surface area (Å²) in [6.07, 6.45) is 0. The molecular weight excluding hydrogens is 214 g/mol. The highest BCUT2D eigenvalue weighted by Crippen LogP contribution is 2.18. The lowest BCUT2D eigenvalue weighted by atomic mass is 9.98. The number of hydrogen-bond acceptors (Lipinski definition) is 4. The van der Waals surface area contributed by atoms with Crippen LogP contribution in [0.3, 0.4) is 0 Å². The van der Waals surface area contributed by atoms with E-state index in [4.69, 9.17) is 5.11 Å². The van der Waals surface area contributed by atoms with Gasteiger partial charge in [0.05, 0.1) is 12.0 Å². The van der Waals surface area contributed by atoms with Crippen LogP contribution in [0.1, 0.15) is 6.92 Å². The molecule has 0 spiro atoms. The predicted molar refractivity (Wildman–Crippen MR) is 54.8 cm³/mol. The van der Waals surface area contributed by atoms with E-state index in [-0.39, 0.29) is 0 Å². The monoisotopic (exact) mass is 229 g/mol. The Balaban J connectivity index is 2.36. The molecule has 7 heteroatoms. The zero-order valence-corrected chi connectivity index (χ0v) is 9.19. The molecule has 7 nitrogen and oxygen atoms in total. The van der Waals surface area contributed by atoms with Crippen molar-refractivity contribution < 1.29 is 19.5 Å². The summed E-state index contributed by atoms with van der Waals surface area (Å²) < 4.78 is 0. The minimum Gasteiger partial charge on any atom is -0.481 e. The average molecular weight is 229 g/mol. The zero-order chi connectivity index (χ0) is 12.3.